The van der Waals surface area contributed by atoms with E-state index >= 15 is 0 Å². The zero-order chi connectivity index (χ0) is 12.3. The fourth-order valence-corrected chi connectivity index (χ4v) is 1.33. The summed E-state index contributed by atoms with van der Waals surface area (Å²) in [4.78, 5) is 9.81. The van der Waals surface area contributed by atoms with Crippen LogP contribution in [0.15, 0.2) is 18.2 Å². The molecule has 0 radical (unpaired) electrons. The Bertz CT molecular complexity index is 394. The Morgan fingerprint density at radius 1 is 1.50 bits per heavy atom. The highest BCUT2D eigenvalue weighted by Crippen LogP contribution is 2.20. The van der Waals surface area contributed by atoms with E-state index in [0.717, 1.165) is 6.07 Å². The second-order valence-electron chi connectivity index (χ2n) is 4.15. The Kier molecular flexibility index (Phi) is 3.95. The zero-order valence-corrected chi connectivity index (χ0v) is 9.31. The molecule has 0 aromatic heterocycles. The van der Waals surface area contributed by atoms with Crippen molar-refractivity contribution in [2.24, 2.45) is 11.7 Å². The number of rotatable bonds is 4. The van der Waals surface area contributed by atoms with Crippen LogP contribution in [0.25, 0.3) is 0 Å². The van der Waals surface area contributed by atoms with Gasteiger partial charge in [-0.1, -0.05) is 19.9 Å². The molecule has 1 aromatic carbocycles. The maximum Gasteiger partial charge on any atom is 0.305 e. The average Bonchev–Trinajstić information content (AvgIpc) is 2.20. The Morgan fingerprint density at radius 2 is 2.12 bits per heavy atom. The first kappa shape index (κ1) is 12.6. The summed E-state index contributed by atoms with van der Waals surface area (Å²) in [5.41, 5.74) is 6.05. The van der Waals surface area contributed by atoms with Crippen LogP contribution in [0.4, 0.5) is 10.1 Å². The van der Waals surface area contributed by atoms with E-state index in [1.807, 2.05) is 13.8 Å². The quantitative estimate of drug-likeness (QED) is 0.632. The summed E-state index contributed by atoms with van der Waals surface area (Å²) in [6.07, 6.45) is 0.513. The first-order valence-corrected chi connectivity index (χ1v) is 5.10. The number of hydrogen-bond donors (Lipinski definition) is 1. The third-order valence-electron chi connectivity index (χ3n) is 2.53. The molecular formula is C11H15FN2O2. The van der Waals surface area contributed by atoms with Gasteiger partial charge in [0.05, 0.1) is 4.92 Å². The average molecular weight is 226 g/mol. The van der Waals surface area contributed by atoms with Crippen molar-refractivity contribution in [1.29, 1.82) is 0 Å². The molecule has 4 nitrogen and oxygen atoms in total. The minimum Gasteiger partial charge on any atom is -0.327 e. The van der Waals surface area contributed by atoms with Crippen molar-refractivity contribution >= 4 is 5.69 Å². The molecular weight excluding hydrogens is 211 g/mol. The molecule has 0 aliphatic carbocycles. The van der Waals surface area contributed by atoms with E-state index in [4.69, 9.17) is 5.73 Å². The minimum absolute atomic E-state index is 0.0786. The van der Waals surface area contributed by atoms with Gasteiger partial charge in [0.25, 0.3) is 0 Å². The third kappa shape index (κ3) is 3.00. The predicted molar refractivity (Wildman–Crippen MR) is 59.6 cm³/mol. The van der Waals surface area contributed by atoms with Crippen LogP contribution in [-0.2, 0) is 6.42 Å². The number of hydrogen-bond acceptors (Lipinski definition) is 3. The molecule has 0 saturated heterocycles. The van der Waals surface area contributed by atoms with Gasteiger partial charge in [0.15, 0.2) is 0 Å². The van der Waals surface area contributed by atoms with Crippen molar-refractivity contribution in [2.75, 3.05) is 0 Å². The Hall–Kier alpha value is -1.49. The SMILES string of the molecule is CC(C)C(N)Cc1ccc(F)c([N+](=O)[O-])c1. The second-order valence-corrected chi connectivity index (χ2v) is 4.15. The van der Waals surface area contributed by atoms with Gasteiger partial charge >= 0.3 is 5.69 Å². The lowest BCUT2D eigenvalue weighted by Crippen LogP contribution is -2.28. The summed E-state index contributed by atoms with van der Waals surface area (Å²) in [6, 6.07) is 3.81. The van der Waals surface area contributed by atoms with Gasteiger partial charge in [-0.2, -0.15) is 4.39 Å². The maximum absolute atomic E-state index is 13.0. The molecule has 1 aromatic rings. The predicted octanol–water partition coefficient (Wildman–Crippen LogP) is 2.26. The molecule has 0 spiro atoms. The van der Waals surface area contributed by atoms with Crippen LogP contribution >= 0.6 is 0 Å². The summed E-state index contributed by atoms with van der Waals surface area (Å²) >= 11 is 0. The number of nitro groups is 1. The van der Waals surface area contributed by atoms with Gasteiger partial charge in [-0.25, -0.2) is 0 Å². The first-order valence-electron chi connectivity index (χ1n) is 5.10. The van der Waals surface area contributed by atoms with Crippen molar-refractivity contribution in [3.63, 3.8) is 0 Å². The molecule has 1 unspecified atom stereocenters. The molecule has 16 heavy (non-hydrogen) atoms. The van der Waals surface area contributed by atoms with Crippen LogP contribution in [0.5, 0.6) is 0 Å². The maximum atomic E-state index is 13.0. The molecule has 0 fully saturated rings. The minimum atomic E-state index is -0.813. The van der Waals surface area contributed by atoms with Gasteiger partial charge in [0.2, 0.25) is 5.82 Å². The summed E-state index contributed by atoms with van der Waals surface area (Å²) in [6.45, 7) is 3.95. The van der Waals surface area contributed by atoms with Crippen LogP contribution in [0.1, 0.15) is 19.4 Å². The highest BCUT2D eigenvalue weighted by molar-refractivity contribution is 5.36. The van der Waals surface area contributed by atoms with Crippen molar-refractivity contribution in [2.45, 2.75) is 26.3 Å². The molecule has 5 heteroatoms. The number of nitro benzene ring substituents is 1. The second kappa shape index (κ2) is 5.03. The third-order valence-corrected chi connectivity index (χ3v) is 2.53. The van der Waals surface area contributed by atoms with Gasteiger partial charge in [0.1, 0.15) is 0 Å². The monoisotopic (exact) mass is 226 g/mol. The largest absolute Gasteiger partial charge is 0.327 e. The van der Waals surface area contributed by atoms with Gasteiger partial charge in [-0.15, -0.1) is 0 Å². The number of nitrogens with two attached hydrogens (primary N) is 1. The Balaban J connectivity index is 2.91. The fraction of sp³-hybridized carbons (Fsp3) is 0.455. The van der Waals surface area contributed by atoms with Crippen LogP contribution in [0, 0.1) is 21.8 Å². The highest BCUT2D eigenvalue weighted by atomic mass is 19.1. The van der Waals surface area contributed by atoms with E-state index in [0.29, 0.717) is 12.0 Å². The van der Waals surface area contributed by atoms with Crippen LogP contribution in [0.3, 0.4) is 0 Å². The van der Waals surface area contributed by atoms with Crippen molar-refractivity contribution in [3.05, 3.63) is 39.7 Å². The standard InChI is InChI=1S/C11H15FN2O2/c1-7(2)10(13)5-8-3-4-9(12)11(6-8)14(15)16/h3-4,6-7,10H,5,13H2,1-2H3. The lowest BCUT2D eigenvalue weighted by Gasteiger charge is -2.15. The highest BCUT2D eigenvalue weighted by Gasteiger charge is 2.16. The van der Waals surface area contributed by atoms with Crippen molar-refractivity contribution in [1.82, 2.24) is 0 Å². The summed E-state index contributed by atoms with van der Waals surface area (Å²) in [5, 5.41) is 10.5. The topological polar surface area (TPSA) is 69.2 Å². The zero-order valence-electron chi connectivity index (χ0n) is 9.31. The Morgan fingerprint density at radius 3 is 2.62 bits per heavy atom. The number of nitrogens with zero attached hydrogens (tertiary/aromatic N) is 1. The number of halogens is 1. The summed E-state index contributed by atoms with van der Waals surface area (Å²) in [7, 11) is 0. The molecule has 0 aliphatic rings. The van der Waals surface area contributed by atoms with Crippen LogP contribution in [-0.4, -0.2) is 11.0 Å². The van der Waals surface area contributed by atoms with Crippen molar-refractivity contribution in [3.8, 4) is 0 Å². The molecule has 0 amide bonds. The molecule has 1 rings (SSSR count). The lowest BCUT2D eigenvalue weighted by molar-refractivity contribution is -0.387. The fourth-order valence-electron chi connectivity index (χ4n) is 1.33. The van der Waals surface area contributed by atoms with Gasteiger partial charge in [-0.05, 0) is 24.0 Å². The molecule has 88 valence electrons. The van der Waals surface area contributed by atoms with Gasteiger partial charge < -0.3 is 5.73 Å². The van der Waals surface area contributed by atoms with E-state index < -0.39 is 16.4 Å². The number of benzene rings is 1. The smallest absolute Gasteiger partial charge is 0.305 e. The van der Waals surface area contributed by atoms with E-state index in [2.05, 4.69) is 0 Å². The molecule has 2 N–H and O–H groups in total. The van der Waals surface area contributed by atoms with Gasteiger partial charge in [0, 0.05) is 12.1 Å². The molecule has 1 atom stereocenters. The van der Waals surface area contributed by atoms with E-state index in [9.17, 15) is 14.5 Å². The van der Waals surface area contributed by atoms with E-state index in [1.165, 1.54) is 12.1 Å². The van der Waals surface area contributed by atoms with Gasteiger partial charge in [-0.3, -0.25) is 10.1 Å². The first-order chi connectivity index (χ1) is 7.41. The molecule has 0 aliphatic heterocycles. The molecule has 0 heterocycles. The normalized spacial score (nSPS) is 12.8. The van der Waals surface area contributed by atoms with E-state index in [1.54, 1.807) is 0 Å². The van der Waals surface area contributed by atoms with Crippen LogP contribution < -0.4 is 5.73 Å². The summed E-state index contributed by atoms with van der Waals surface area (Å²) < 4.78 is 13.0. The Labute approximate surface area is 93.4 Å². The van der Waals surface area contributed by atoms with E-state index in [-0.39, 0.29) is 12.0 Å². The van der Waals surface area contributed by atoms with Crippen molar-refractivity contribution < 1.29 is 9.31 Å². The lowest BCUT2D eigenvalue weighted by atomic mass is 9.97. The van der Waals surface area contributed by atoms with Crippen LogP contribution in [0.2, 0.25) is 0 Å². The summed E-state index contributed by atoms with van der Waals surface area (Å²) in [5.74, 6) is -0.532. The molecule has 0 bridgehead atoms. The molecule has 0 saturated carbocycles.